The van der Waals surface area contributed by atoms with Gasteiger partial charge in [0.25, 0.3) is 0 Å². The highest BCUT2D eigenvalue weighted by Crippen LogP contribution is 2.42. The normalized spacial score (nSPS) is 16.1. The van der Waals surface area contributed by atoms with Crippen LogP contribution < -0.4 is 0 Å². The van der Waals surface area contributed by atoms with Crippen molar-refractivity contribution in [2.75, 3.05) is 13.1 Å². The molecule has 1 unspecified atom stereocenters. The average Bonchev–Trinajstić information content (AvgIpc) is 2.72. The van der Waals surface area contributed by atoms with E-state index < -0.39 is 5.97 Å². The topological polar surface area (TPSA) is 73.7 Å². The van der Waals surface area contributed by atoms with Crippen LogP contribution in [0.2, 0.25) is 0 Å². The van der Waals surface area contributed by atoms with Gasteiger partial charge in [0.15, 0.2) is 0 Å². The number of hydrogen-bond donors (Lipinski definition) is 2. The molecular formula is C23H24N2O3. The summed E-state index contributed by atoms with van der Waals surface area (Å²) in [4.78, 5) is 18.1. The smallest absolute Gasteiger partial charge is 0.307 e. The molecule has 28 heavy (non-hydrogen) atoms. The van der Waals surface area contributed by atoms with Gasteiger partial charge in [-0.15, -0.1) is 0 Å². The number of likely N-dealkylation sites (tertiary alicyclic amines) is 1. The standard InChI is InChI=1S/C23H24N2O3/c26-20(27)15-18-14-17-6-2-3-7-19(17)23(28)21(18)22(16-8-10-24-11-9-16)25-12-4-1-5-13-25/h2-3,6-11,14,22,28H,1,4-5,12-13,15H2,(H,26,27). The average molecular weight is 376 g/mol. The second-order valence-corrected chi connectivity index (χ2v) is 7.37. The molecule has 1 saturated heterocycles. The van der Waals surface area contributed by atoms with Crippen LogP contribution in [0, 0.1) is 0 Å². The Morgan fingerprint density at radius 3 is 2.50 bits per heavy atom. The van der Waals surface area contributed by atoms with E-state index in [4.69, 9.17) is 0 Å². The van der Waals surface area contributed by atoms with Gasteiger partial charge >= 0.3 is 5.97 Å². The van der Waals surface area contributed by atoms with Gasteiger partial charge in [-0.25, -0.2) is 0 Å². The first-order valence-electron chi connectivity index (χ1n) is 9.74. The predicted molar refractivity (Wildman–Crippen MR) is 108 cm³/mol. The van der Waals surface area contributed by atoms with E-state index in [0.717, 1.165) is 42.3 Å². The molecule has 3 aromatic rings. The van der Waals surface area contributed by atoms with Crippen LogP contribution in [0.5, 0.6) is 5.75 Å². The summed E-state index contributed by atoms with van der Waals surface area (Å²) in [7, 11) is 0. The maximum atomic E-state index is 11.6. The zero-order chi connectivity index (χ0) is 19.5. The van der Waals surface area contributed by atoms with Crippen LogP contribution in [0.4, 0.5) is 0 Å². The van der Waals surface area contributed by atoms with Gasteiger partial charge in [-0.05, 0) is 60.6 Å². The highest BCUT2D eigenvalue weighted by atomic mass is 16.4. The van der Waals surface area contributed by atoms with Gasteiger partial charge in [0.2, 0.25) is 0 Å². The molecule has 1 aliphatic heterocycles. The predicted octanol–water partition coefficient (Wildman–Crippen LogP) is 4.14. The van der Waals surface area contributed by atoms with E-state index >= 15 is 0 Å². The van der Waals surface area contributed by atoms with Crippen LogP contribution in [-0.4, -0.2) is 39.2 Å². The van der Waals surface area contributed by atoms with Gasteiger partial charge in [0.1, 0.15) is 5.75 Å². The molecule has 0 amide bonds. The van der Waals surface area contributed by atoms with Crippen molar-refractivity contribution in [1.82, 2.24) is 9.88 Å². The van der Waals surface area contributed by atoms with Gasteiger partial charge < -0.3 is 10.2 Å². The first-order chi connectivity index (χ1) is 13.6. The van der Waals surface area contributed by atoms with Gasteiger partial charge in [-0.1, -0.05) is 30.7 Å². The molecule has 2 heterocycles. The van der Waals surface area contributed by atoms with Gasteiger partial charge in [-0.2, -0.15) is 0 Å². The third-order valence-electron chi connectivity index (χ3n) is 5.54. The van der Waals surface area contributed by atoms with Crippen molar-refractivity contribution in [2.24, 2.45) is 0 Å². The summed E-state index contributed by atoms with van der Waals surface area (Å²) in [5.41, 5.74) is 2.39. The summed E-state index contributed by atoms with van der Waals surface area (Å²) >= 11 is 0. The monoisotopic (exact) mass is 376 g/mol. The molecule has 0 radical (unpaired) electrons. The Morgan fingerprint density at radius 1 is 1.07 bits per heavy atom. The van der Waals surface area contributed by atoms with Crippen molar-refractivity contribution in [3.8, 4) is 5.75 Å². The number of hydrogen-bond acceptors (Lipinski definition) is 4. The summed E-state index contributed by atoms with van der Waals surface area (Å²) in [5, 5.41) is 22.4. The molecule has 0 aliphatic carbocycles. The first-order valence-corrected chi connectivity index (χ1v) is 9.74. The van der Waals surface area contributed by atoms with Crippen LogP contribution >= 0.6 is 0 Å². The second-order valence-electron chi connectivity index (χ2n) is 7.37. The minimum Gasteiger partial charge on any atom is -0.507 e. The van der Waals surface area contributed by atoms with Crippen molar-refractivity contribution in [3.05, 3.63) is 71.5 Å². The van der Waals surface area contributed by atoms with Gasteiger partial charge in [-0.3, -0.25) is 14.7 Å². The largest absolute Gasteiger partial charge is 0.507 e. The van der Waals surface area contributed by atoms with Crippen LogP contribution in [-0.2, 0) is 11.2 Å². The van der Waals surface area contributed by atoms with Crippen molar-refractivity contribution >= 4 is 16.7 Å². The molecule has 5 nitrogen and oxygen atoms in total. The lowest BCUT2D eigenvalue weighted by Gasteiger charge is -2.36. The minimum absolute atomic E-state index is 0.122. The number of phenols is 1. The molecule has 2 N–H and O–H groups in total. The molecular weight excluding hydrogens is 352 g/mol. The summed E-state index contributed by atoms with van der Waals surface area (Å²) in [6.45, 7) is 1.84. The minimum atomic E-state index is -0.900. The Bertz CT molecular complexity index is 982. The maximum absolute atomic E-state index is 11.6. The molecule has 144 valence electrons. The summed E-state index contributed by atoms with van der Waals surface area (Å²) in [6, 6.07) is 13.2. The highest BCUT2D eigenvalue weighted by Gasteiger charge is 2.30. The van der Waals surface area contributed by atoms with E-state index in [0.29, 0.717) is 11.1 Å². The number of aliphatic carboxylic acids is 1. The Kier molecular flexibility index (Phi) is 5.26. The number of carbonyl (C=O) groups is 1. The Hall–Kier alpha value is -2.92. The number of phenolic OH excluding ortho intramolecular Hbond substituents is 1. The molecule has 2 aromatic carbocycles. The van der Waals surface area contributed by atoms with E-state index in [1.165, 1.54) is 6.42 Å². The number of piperidine rings is 1. The second kappa shape index (κ2) is 7.98. The lowest BCUT2D eigenvalue weighted by atomic mass is 9.87. The number of aromatic hydroxyl groups is 1. The molecule has 4 rings (SSSR count). The van der Waals surface area contributed by atoms with E-state index in [-0.39, 0.29) is 18.2 Å². The van der Waals surface area contributed by atoms with Crippen molar-refractivity contribution in [1.29, 1.82) is 0 Å². The van der Waals surface area contributed by atoms with E-state index in [1.54, 1.807) is 12.4 Å². The lowest BCUT2D eigenvalue weighted by Crippen LogP contribution is -2.35. The van der Waals surface area contributed by atoms with Crippen molar-refractivity contribution in [3.63, 3.8) is 0 Å². The van der Waals surface area contributed by atoms with Gasteiger partial charge in [0.05, 0.1) is 12.5 Å². The number of nitrogens with zero attached hydrogens (tertiary/aromatic N) is 2. The van der Waals surface area contributed by atoms with E-state index in [1.807, 2.05) is 42.5 Å². The molecule has 0 saturated carbocycles. The fourth-order valence-corrected chi connectivity index (χ4v) is 4.30. The summed E-state index contributed by atoms with van der Waals surface area (Å²) in [6.07, 6.45) is 6.78. The lowest BCUT2D eigenvalue weighted by molar-refractivity contribution is -0.136. The molecule has 5 heteroatoms. The zero-order valence-electron chi connectivity index (χ0n) is 15.7. The maximum Gasteiger partial charge on any atom is 0.307 e. The van der Waals surface area contributed by atoms with E-state index in [9.17, 15) is 15.0 Å². The Labute approximate surface area is 164 Å². The summed E-state index contributed by atoms with van der Waals surface area (Å²) in [5.74, 6) is -0.718. The number of benzene rings is 2. The van der Waals surface area contributed by atoms with Crippen LogP contribution in [0.3, 0.4) is 0 Å². The Balaban J connectivity index is 1.95. The molecule has 1 aromatic heterocycles. The number of fused-ring (bicyclic) bond motifs is 1. The fourth-order valence-electron chi connectivity index (χ4n) is 4.30. The van der Waals surface area contributed by atoms with Crippen LogP contribution in [0.15, 0.2) is 54.9 Å². The first kappa shape index (κ1) is 18.4. The Morgan fingerprint density at radius 2 is 1.79 bits per heavy atom. The van der Waals surface area contributed by atoms with E-state index in [2.05, 4.69) is 9.88 Å². The van der Waals surface area contributed by atoms with Crippen LogP contribution in [0.25, 0.3) is 10.8 Å². The third-order valence-corrected chi connectivity index (χ3v) is 5.54. The fraction of sp³-hybridized carbons (Fsp3) is 0.304. The van der Waals surface area contributed by atoms with Crippen molar-refractivity contribution < 1.29 is 15.0 Å². The number of aromatic nitrogens is 1. The molecule has 1 atom stereocenters. The number of carboxylic acid groups (broad SMARTS) is 1. The molecule has 1 aliphatic rings. The highest BCUT2D eigenvalue weighted by molar-refractivity contribution is 5.91. The third kappa shape index (κ3) is 3.58. The summed E-state index contributed by atoms with van der Waals surface area (Å²) < 4.78 is 0. The molecule has 0 spiro atoms. The SMILES string of the molecule is O=C(O)Cc1cc2ccccc2c(O)c1C(c1ccncc1)N1CCCCC1. The number of carboxylic acids is 1. The number of pyridine rings is 1. The molecule has 0 bridgehead atoms. The quantitative estimate of drug-likeness (QED) is 0.700. The van der Waals surface area contributed by atoms with Crippen molar-refractivity contribution in [2.45, 2.75) is 31.7 Å². The van der Waals surface area contributed by atoms with Gasteiger partial charge in [0, 0.05) is 23.3 Å². The van der Waals surface area contributed by atoms with Crippen LogP contribution in [0.1, 0.15) is 42.0 Å². The molecule has 1 fully saturated rings. The zero-order valence-corrected chi connectivity index (χ0v) is 15.7. The number of rotatable bonds is 5.